The molecule has 2 aliphatic heterocycles. The fourth-order valence-electron chi connectivity index (χ4n) is 4.20. The number of carbonyl (C=O) groups is 2. The number of rotatable bonds is 4. The van der Waals surface area contributed by atoms with Gasteiger partial charge in [0.25, 0.3) is 0 Å². The van der Waals surface area contributed by atoms with Gasteiger partial charge in [-0.1, -0.05) is 48.6 Å². The molecule has 31 heavy (non-hydrogen) atoms. The van der Waals surface area contributed by atoms with E-state index in [1.54, 1.807) is 12.2 Å². The van der Waals surface area contributed by atoms with E-state index in [0.717, 1.165) is 22.6 Å². The standard InChI is InChI=1S/C24H20F3NO3/c1-3-18-20-21(19(31-18)10-9-15-7-5-4-6-8-15)23(30)28(22(20)29)17-12-14(2)11-16(13-17)24(25,26)27/h3-13,18-21H,1H2,2H3/b10-9+. The van der Waals surface area contributed by atoms with E-state index in [4.69, 9.17) is 4.74 Å². The molecule has 4 nitrogen and oxygen atoms in total. The van der Waals surface area contributed by atoms with Crippen LogP contribution in [-0.4, -0.2) is 24.0 Å². The molecule has 2 fully saturated rings. The van der Waals surface area contributed by atoms with Crippen LogP contribution in [0.25, 0.3) is 6.08 Å². The summed E-state index contributed by atoms with van der Waals surface area (Å²) in [6, 6.07) is 12.6. The lowest BCUT2D eigenvalue weighted by atomic mass is 9.89. The van der Waals surface area contributed by atoms with Gasteiger partial charge in [0.2, 0.25) is 11.8 Å². The van der Waals surface area contributed by atoms with Crippen molar-refractivity contribution in [2.45, 2.75) is 25.3 Å². The van der Waals surface area contributed by atoms with E-state index in [0.29, 0.717) is 5.56 Å². The molecule has 2 heterocycles. The maximum absolute atomic E-state index is 13.3. The molecule has 0 bridgehead atoms. The molecular weight excluding hydrogens is 407 g/mol. The second-order valence-electron chi connectivity index (χ2n) is 7.69. The van der Waals surface area contributed by atoms with Gasteiger partial charge in [0.1, 0.15) is 0 Å². The number of hydrogen-bond acceptors (Lipinski definition) is 3. The van der Waals surface area contributed by atoms with Crippen molar-refractivity contribution in [1.82, 2.24) is 0 Å². The van der Waals surface area contributed by atoms with Crippen LogP contribution in [0.15, 0.2) is 67.3 Å². The molecule has 2 amide bonds. The zero-order valence-electron chi connectivity index (χ0n) is 16.7. The summed E-state index contributed by atoms with van der Waals surface area (Å²) >= 11 is 0. The van der Waals surface area contributed by atoms with Crippen molar-refractivity contribution in [3.63, 3.8) is 0 Å². The van der Waals surface area contributed by atoms with E-state index in [1.807, 2.05) is 30.3 Å². The third-order valence-electron chi connectivity index (χ3n) is 5.58. The zero-order valence-corrected chi connectivity index (χ0v) is 16.7. The second kappa shape index (κ2) is 7.81. The summed E-state index contributed by atoms with van der Waals surface area (Å²) < 4.78 is 45.7. The molecule has 7 heteroatoms. The summed E-state index contributed by atoms with van der Waals surface area (Å²) in [6.45, 7) is 5.19. The molecule has 160 valence electrons. The summed E-state index contributed by atoms with van der Waals surface area (Å²) in [7, 11) is 0. The van der Waals surface area contributed by atoms with Gasteiger partial charge >= 0.3 is 6.18 Å². The fourth-order valence-corrected chi connectivity index (χ4v) is 4.20. The molecule has 0 N–H and O–H groups in total. The van der Waals surface area contributed by atoms with Crippen LogP contribution >= 0.6 is 0 Å². The number of fused-ring (bicyclic) bond motifs is 1. The Bertz CT molecular complexity index is 1060. The molecule has 4 atom stereocenters. The first kappa shape index (κ1) is 21.1. The van der Waals surface area contributed by atoms with Crippen LogP contribution in [0, 0.1) is 18.8 Å². The van der Waals surface area contributed by atoms with Gasteiger partial charge in [-0.15, -0.1) is 6.58 Å². The summed E-state index contributed by atoms with van der Waals surface area (Å²) in [5.74, 6) is -2.80. The number of aryl methyl sites for hydroxylation is 1. The summed E-state index contributed by atoms with van der Waals surface area (Å²) in [5.41, 5.74) is 0.217. The zero-order chi connectivity index (χ0) is 22.3. The molecule has 4 unspecified atom stereocenters. The maximum atomic E-state index is 13.3. The molecule has 0 aromatic heterocycles. The number of imide groups is 1. The predicted octanol–water partition coefficient (Wildman–Crippen LogP) is 4.79. The quantitative estimate of drug-likeness (QED) is 0.521. The number of alkyl halides is 3. The lowest BCUT2D eigenvalue weighted by Crippen LogP contribution is -2.35. The van der Waals surface area contributed by atoms with Crippen molar-refractivity contribution in [2.24, 2.45) is 11.8 Å². The van der Waals surface area contributed by atoms with Gasteiger partial charge in [-0.05, 0) is 36.2 Å². The topological polar surface area (TPSA) is 46.6 Å². The number of nitrogens with zero attached hydrogens (tertiary/aromatic N) is 1. The first-order valence-corrected chi connectivity index (χ1v) is 9.78. The van der Waals surface area contributed by atoms with E-state index in [1.165, 1.54) is 19.1 Å². The lowest BCUT2D eigenvalue weighted by Gasteiger charge is -2.21. The average molecular weight is 427 g/mol. The normalized spacial score (nSPS) is 26.0. The molecule has 0 radical (unpaired) electrons. The van der Waals surface area contributed by atoms with E-state index in [9.17, 15) is 22.8 Å². The highest BCUT2D eigenvalue weighted by atomic mass is 19.4. The van der Waals surface area contributed by atoms with E-state index >= 15 is 0 Å². The number of ether oxygens (including phenoxy) is 1. The summed E-state index contributed by atoms with van der Waals surface area (Å²) in [5, 5.41) is 0. The Morgan fingerprint density at radius 1 is 1.00 bits per heavy atom. The minimum Gasteiger partial charge on any atom is -0.365 e. The van der Waals surface area contributed by atoms with Crippen LogP contribution in [0.4, 0.5) is 18.9 Å². The molecule has 2 aromatic carbocycles. The van der Waals surface area contributed by atoms with Gasteiger partial charge in [0, 0.05) is 0 Å². The van der Waals surface area contributed by atoms with E-state index in [2.05, 4.69) is 6.58 Å². The first-order valence-electron chi connectivity index (χ1n) is 9.78. The van der Waals surface area contributed by atoms with Gasteiger partial charge in [0.05, 0.1) is 35.3 Å². The molecule has 0 aliphatic carbocycles. The third-order valence-corrected chi connectivity index (χ3v) is 5.58. The van der Waals surface area contributed by atoms with Gasteiger partial charge in [-0.3, -0.25) is 9.59 Å². The maximum Gasteiger partial charge on any atom is 0.416 e. The molecular formula is C24H20F3NO3. The van der Waals surface area contributed by atoms with Crippen molar-refractivity contribution in [3.05, 3.63) is 84.0 Å². The van der Waals surface area contributed by atoms with Crippen molar-refractivity contribution < 1.29 is 27.5 Å². The van der Waals surface area contributed by atoms with Crippen molar-refractivity contribution in [2.75, 3.05) is 4.90 Å². The minimum absolute atomic E-state index is 0.0784. The van der Waals surface area contributed by atoms with Crippen LogP contribution in [0.5, 0.6) is 0 Å². The second-order valence-corrected chi connectivity index (χ2v) is 7.69. The van der Waals surface area contributed by atoms with Gasteiger partial charge in [0.15, 0.2) is 0 Å². The van der Waals surface area contributed by atoms with Crippen molar-refractivity contribution >= 4 is 23.6 Å². The highest BCUT2D eigenvalue weighted by Crippen LogP contribution is 2.44. The number of amides is 2. The van der Waals surface area contributed by atoms with Crippen LogP contribution in [0.1, 0.15) is 16.7 Å². The van der Waals surface area contributed by atoms with Gasteiger partial charge in [-0.25, -0.2) is 4.90 Å². The molecule has 0 saturated carbocycles. The average Bonchev–Trinajstić information content (AvgIpc) is 3.22. The van der Waals surface area contributed by atoms with Crippen LogP contribution in [0.3, 0.4) is 0 Å². The Labute approximate surface area is 177 Å². The first-order chi connectivity index (χ1) is 14.7. The van der Waals surface area contributed by atoms with E-state index in [-0.39, 0.29) is 5.69 Å². The van der Waals surface area contributed by atoms with E-state index < -0.39 is 47.6 Å². The number of halogens is 3. The lowest BCUT2D eigenvalue weighted by molar-refractivity contribution is -0.137. The molecule has 0 spiro atoms. The molecule has 2 saturated heterocycles. The van der Waals surface area contributed by atoms with Crippen molar-refractivity contribution in [1.29, 1.82) is 0 Å². The van der Waals surface area contributed by atoms with Crippen LogP contribution in [-0.2, 0) is 20.5 Å². The number of anilines is 1. The number of benzene rings is 2. The number of hydrogen-bond donors (Lipinski definition) is 0. The largest absolute Gasteiger partial charge is 0.416 e. The summed E-state index contributed by atoms with van der Waals surface area (Å²) in [4.78, 5) is 27.2. The molecule has 2 aliphatic rings. The smallest absolute Gasteiger partial charge is 0.365 e. The van der Waals surface area contributed by atoms with Crippen LogP contribution in [0.2, 0.25) is 0 Å². The molecule has 4 rings (SSSR count). The SMILES string of the molecule is C=CC1OC(/C=C/c2ccccc2)C2C(=O)N(c3cc(C)cc(C(F)(F)F)c3)C(=O)C12. The van der Waals surface area contributed by atoms with Crippen molar-refractivity contribution in [3.8, 4) is 0 Å². The minimum atomic E-state index is -4.59. The Hall–Kier alpha value is -3.19. The fraction of sp³-hybridized carbons (Fsp3) is 0.250. The Kier molecular flexibility index (Phi) is 5.31. The summed E-state index contributed by atoms with van der Waals surface area (Å²) in [6.07, 6.45) is -1.02. The monoisotopic (exact) mass is 427 g/mol. The molecule has 2 aromatic rings. The Morgan fingerprint density at radius 3 is 2.26 bits per heavy atom. The Balaban J connectivity index is 1.70. The van der Waals surface area contributed by atoms with Gasteiger partial charge < -0.3 is 4.74 Å². The van der Waals surface area contributed by atoms with Crippen LogP contribution < -0.4 is 4.90 Å². The predicted molar refractivity (Wildman–Crippen MR) is 110 cm³/mol. The highest BCUT2D eigenvalue weighted by Gasteiger charge is 2.59. The highest BCUT2D eigenvalue weighted by molar-refractivity contribution is 6.23. The third kappa shape index (κ3) is 3.81. The number of carbonyl (C=O) groups excluding carboxylic acids is 2. The van der Waals surface area contributed by atoms with Gasteiger partial charge in [-0.2, -0.15) is 13.2 Å². The Morgan fingerprint density at radius 2 is 1.65 bits per heavy atom.